The second kappa shape index (κ2) is 7.77. The normalized spacial score (nSPS) is 18.5. The first-order valence-electron chi connectivity index (χ1n) is 7.13. The number of pyridine rings is 1. The Balaban J connectivity index is 0.00000192. The third kappa shape index (κ3) is 4.02. The summed E-state index contributed by atoms with van der Waals surface area (Å²) in [6.45, 7) is 2.42. The number of hydrogen-bond donors (Lipinski definition) is 1. The van der Waals surface area contributed by atoms with Crippen LogP contribution in [0, 0.1) is 17.5 Å². The highest BCUT2D eigenvalue weighted by molar-refractivity contribution is 5.85. The first kappa shape index (κ1) is 17.7. The highest BCUT2D eigenvalue weighted by Gasteiger charge is 2.25. The van der Waals surface area contributed by atoms with Crippen LogP contribution in [0.15, 0.2) is 36.7 Å². The Morgan fingerprint density at radius 1 is 1.09 bits per heavy atom. The minimum Gasteiger partial charge on any atom is -0.314 e. The molecule has 124 valence electrons. The van der Waals surface area contributed by atoms with Gasteiger partial charge in [0.1, 0.15) is 5.82 Å². The summed E-state index contributed by atoms with van der Waals surface area (Å²) in [7, 11) is 0. The number of hydrogen-bond acceptors (Lipinski definition) is 3. The Hall–Kier alpha value is -1.63. The van der Waals surface area contributed by atoms with Crippen molar-refractivity contribution in [3.05, 3.63) is 65.2 Å². The molecule has 1 aromatic heterocycles. The molecule has 0 bridgehead atoms. The molecule has 0 amide bonds. The summed E-state index contributed by atoms with van der Waals surface area (Å²) in [5.74, 6) is -2.90. The SMILES string of the molecule is Cl.Fc1cc(F)c(CN2CCNCC2c2ccncc2)cc1F. The Morgan fingerprint density at radius 3 is 2.52 bits per heavy atom. The molecule has 1 fully saturated rings. The van der Waals surface area contributed by atoms with Crippen LogP contribution in [0.3, 0.4) is 0 Å². The minimum absolute atomic E-state index is 0. The molecule has 0 spiro atoms. The molecule has 2 heterocycles. The molecule has 1 saturated heterocycles. The number of piperazine rings is 1. The van der Waals surface area contributed by atoms with E-state index in [1.807, 2.05) is 12.1 Å². The van der Waals surface area contributed by atoms with Crippen molar-refractivity contribution in [2.45, 2.75) is 12.6 Å². The fraction of sp³-hybridized carbons (Fsp3) is 0.312. The van der Waals surface area contributed by atoms with Crippen LogP contribution in [0.4, 0.5) is 13.2 Å². The third-order valence-corrected chi connectivity index (χ3v) is 3.91. The van der Waals surface area contributed by atoms with Crippen molar-refractivity contribution in [1.29, 1.82) is 0 Å². The van der Waals surface area contributed by atoms with E-state index in [2.05, 4.69) is 15.2 Å². The van der Waals surface area contributed by atoms with E-state index < -0.39 is 17.5 Å². The average Bonchev–Trinajstić information content (AvgIpc) is 2.54. The summed E-state index contributed by atoms with van der Waals surface area (Å²) >= 11 is 0. The van der Waals surface area contributed by atoms with Gasteiger partial charge < -0.3 is 5.32 Å². The summed E-state index contributed by atoms with van der Waals surface area (Å²) in [5.41, 5.74) is 1.23. The molecule has 1 aromatic carbocycles. The molecule has 2 aromatic rings. The van der Waals surface area contributed by atoms with Gasteiger partial charge in [-0.3, -0.25) is 9.88 Å². The van der Waals surface area contributed by atoms with Gasteiger partial charge in [0.05, 0.1) is 0 Å². The van der Waals surface area contributed by atoms with Gasteiger partial charge >= 0.3 is 0 Å². The number of nitrogens with zero attached hydrogens (tertiary/aromatic N) is 2. The van der Waals surface area contributed by atoms with Crippen LogP contribution in [0.25, 0.3) is 0 Å². The molecule has 7 heteroatoms. The number of halogens is 4. The second-order valence-corrected chi connectivity index (χ2v) is 5.33. The fourth-order valence-electron chi connectivity index (χ4n) is 2.75. The van der Waals surface area contributed by atoms with Crippen LogP contribution in [0.2, 0.25) is 0 Å². The van der Waals surface area contributed by atoms with Crippen molar-refractivity contribution >= 4 is 12.4 Å². The van der Waals surface area contributed by atoms with E-state index in [1.54, 1.807) is 12.4 Å². The zero-order valence-corrected chi connectivity index (χ0v) is 13.1. The summed E-state index contributed by atoms with van der Waals surface area (Å²) in [6, 6.07) is 5.41. The van der Waals surface area contributed by atoms with Crippen LogP contribution in [0.5, 0.6) is 0 Å². The van der Waals surface area contributed by atoms with E-state index in [9.17, 15) is 13.2 Å². The van der Waals surface area contributed by atoms with Gasteiger partial charge in [-0.25, -0.2) is 13.2 Å². The average molecular weight is 344 g/mol. The van der Waals surface area contributed by atoms with Crippen molar-refractivity contribution in [3.8, 4) is 0 Å². The first-order valence-corrected chi connectivity index (χ1v) is 7.13. The van der Waals surface area contributed by atoms with Gasteiger partial charge in [-0.05, 0) is 23.8 Å². The third-order valence-electron chi connectivity index (χ3n) is 3.91. The molecule has 1 N–H and O–H groups in total. The molecule has 3 nitrogen and oxygen atoms in total. The van der Waals surface area contributed by atoms with Crippen LogP contribution < -0.4 is 5.32 Å². The van der Waals surface area contributed by atoms with E-state index in [-0.39, 0.29) is 30.6 Å². The van der Waals surface area contributed by atoms with E-state index in [0.717, 1.165) is 24.7 Å². The van der Waals surface area contributed by atoms with E-state index in [4.69, 9.17) is 0 Å². The predicted molar refractivity (Wildman–Crippen MR) is 83.8 cm³/mol. The van der Waals surface area contributed by atoms with Crippen molar-refractivity contribution < 1.29 is 13.2 Å². The van der Waals surface area contributed by atoms with Gasteiger partial charge in [-0.15, -0.1) is 12.4 Å². The maximum absolute atomic E-state index is 13.9. The Morgan fingerprint density at radius 2 is 1.78 bits per heavy atom. The van der Waals surface area contributed by atoms with Crippen LogP contribution in [-0.4, -0.2) is 29.5 Å². The first-order chi connectivity index (χ1) is 10.6. The molecular weight excluding hydrogens is 327 g/mol. The Bertz CT molecular complexity index is 655. The summed E-state index contributed by atoms with van der Waals surface area (Å²) in [6.07, 6.45) is 3.42. The fourth-order valence-corrected chi connectivity index (χ4v) is 2.75. The van der Waals surface area contributed by atoms with Crippen molar-refractivity contribution in [1.82, 2.24) is 15.2 Å². The molecule has 3 rings (SSSR count). The largest absolute Gasteiger partial charge is 0.314 e. The molecule has 0 aliphatic carbocycles. The molecule has 1 unspecified atom stereocenters. The lowest BCUT2D eigenvalue weighted by Gasteiger charge is -2.36. The molecule has 1 aliphatic heterocycles. The highest BCUT2D eigenvalue weighted by Crippen LogP contribution is 2.25. The summed E-state index contributed by atoms with van der Waals surface area (Å²) < 4.78 is 40.2. The molecule has 0 saturated carbocycles. The summed E-state index contributed by atoms with van der Waals surface area (Å²) in [4.78, 5) is 6.05. The smallest absolute Gasteiger partial charge is 0.161 e. The quantitative estimate of drug-likeness (QED) is 0.868. The van der Waals surface area contributed by atoms with Crippen LogP contribution in [-0.2, 0) is 6.54 Å². The lowest BCUT2D eigenvalue weighted by atomic mass is 10.0. The molecule has 23 heavy (non-hydrogen) atoms. The standard InChI is InChI=1S/C16H16F3N3.ClH/c17-13-8-15(19)14(18)7-12(13)10-22-6-5-21-9-16(22)11-1-3-20-4-2-11;/h1-4,7-8,16,21H,5-6,9-10H2;1H. The Labute approximate surface area is 138 Å². The lowest BCUT2D eigenvalue weighted by molar-refractivity contribution is 0.151. The molecule has 1 aliphatic rings. The van der Waals surface area contributed by atoms with Crippen molar-refractivity contribution in [2.24, 2.45) is 0 Å². The maximum Gasteiger partial charge on any atom is 0.161 e. The predicted octanol–water partition coefficient (Wildman–Crippen LogP) is 3.07. The second-order valence-electron chi connectivity index (χ2n) is 5.33. The summed E-state index contributed by atoms with van der Waals surface area (Å²) in [5, 5.41) is 3.29. The highest BCUT2D eigenvalue weighted by atomic mass is 35.5. The maximum atomic E-state index is 13.9. The number of aromatic nitrogens is 1. The topological polar surface area (TPSA) is 28.2 Å². The van der Waals surface area contributed by atoms with Crippen LogP contribution >= 0.6 is 12.4 Å². The van der Waals surface area contributed by atoms with Gasteiger partial charge in [0.15, 0.2) is 11.6 Å². The monoisotopic (exact) mass is 343 g/mol. The van der Waals surface area contributed by atoms with E-state index in [0.29, 0.717) is 12.6 Å². The number of rotatable bonds is 3. The van der Waals surface area contributed by atoms with Gasteiger partial charge in [0, 0.05) is 56.2 Å². The zero-order chi connectivity index (χ0) is 15.5. The minimum atomic E-state index is -1.16. The zero-order valence-electron chi connectivity index (χ0n) is 12.3. The van der Waals surface area contributed by atoms with Crippen molar-refractivity contribution in [2.75, 3.05) is 19.6 Å². The van der Waals surface area contributed by atoms with Crippen LogP contribution in [0.1, 0.15) is 17.2 Å². The van der Waals surface area contributed by atoms with Gasteiger partial charge in [-0.2, -0.15) is 0 Å². The molecule has 1 atom stereocenters. The van der Waals surface area contributed by atoms with Crippen molar-refractivity contribution in [3.63, 3.8) is 0 Å². The Kier molecular flexibility index (Phi) is 5.98. The molecule has 0 radical (unpaired) electrons. The van der Waals surface area contributed by atoms with Gasteiger partial charge in [-0.1, -0.05) is 0 Å². The van der Waals surface area contributed by atoms with E-state index in [1.165, 1.54) is 0 Å². The number of benzene rings is 1. The molecular formula is C16H17ClF3N3. The van der Waals surface area contributed by atoms with E-state index >= 15 is 0 Å². The number of nitrogens with one attached hydrogen (secondary N) is 1. The van der Waals surface area contributed by atoms with Gasteiger partial charge in [0.25, 0.3) is 0 Å². The lowest BCUT2D eigenvalue weighted by Crippen LogP contribution is -2.45. The van der Waals surface area contributed by atoms with Gasteiger partial charge in [0.2, 0.25) is 0 Å².